The van der Waals surface area contributed by atoms with E-state index in [1.807, 2.05) is 26.1 Å². The van der Waals surface area contributed by atoms with Gasteiger partial charge in [0.2, 0.25) is 0 Å². The van der Waals surface area contributed by atoms with Crippen molar-refractivity contribution in [2.45, 2.75) is 39.0 Å². The minimum atomic E-state index is -0.147. The van der Waals surface area contributed by atoms with Gasteiger partial charge in [0.15, 0.2) is 0 Å². The molecule has 1 aliphatic rings. The Bertz CT molecular complexity index is 448. The summed E-state index contributed by atoms with van der Waals surface area (Å²) in [6.07, 6.45) is 0.0982. The normalized spacial score (nSPS) is 24.3. The van der Waals surface area contributed by atoms with E-state index in [9.17, 15) is 4.39 Å². The Hall–Kier alpha value is -0.970. The lowest BCUT2D eigenvalue weighted by molar-refractivity contribution is -0.0815. The van der Waals surface area contributed by atoms with Gasteiger partial charge >= 0.3 is 0 Å². The van der Waals surface area contributed by atoms with E-state index in [0.717, 1.165) is 25.3 Å². The zero-order chi connectivity index (χ0) is 14.7. The molecule has 0 radical (unpaired) electrons. The first-order valence-corrected chi connectivity index (χ1v) is 7.32. The summed E-state index contributed by atoms with van der Waals surface area (Å²) in [4.78, 5) is 2.44. The third-order valence-corrected chi connectivity index (χ3v) is 3.98. The molecule has 2 atom stereocenters. The molecule has 3 nitrogen and oxygen atoms in total. The number of ether oxygens (including phenoxy) is 1. The van der Waals surface area contributed by atoms with E-state index in [-0.39, 0.29) is 18.0 Å². The van der Waals surface area contributed by atoms with Crippen molar-refractivity contribution in [2.75, 3.05) is 26.7 Å². The van der Waals surface area contributed by atoms with E-state index in [1.165, 1.54) is 0 Å². The van der Waals surface area contributed by atoms with Crippen LogP contribution < -0.4 is 5.32 Å². The summed E-state index contributed by atoms with van der Waals surface area (Å²) in [5.41, 5.74) is 1.83. The molecule has 1 aromatic rings. The number of nitrogens with zero attached hydrogens (tertiary/aromatic N) is 1. The number of aryl methyl sites for hydroxylation is 1. The standard InChI is InChI=1S/C16H25FN2O/c1-11(2)19-7-8-20-15(10-18-4)16(19)13-5-6-14(17)12(3)9-13/h5-6,9,11,15-16,18H,7-8,10H2,1-4H3. The monoisotopic (exact) mass is 280 g/mol. The molecule has 4 heteroatoms. The topological polar surface area (TPSA) is 24.5 Å². The van der Waals surface area contributed by atoms with Gasteiger partial charge < -0.3 is 10.1 Å². The lowest BCUT2D eigenvalue weighted by Gasteiger charge is -2.44. The predicted octanol–water partition coefficient (Wildman–Crippen LogP) is 2.50. The van der Waals surface area contributed by atoms with Gasteiger partial charge in [0.05, 0.1) is 18.8 Å². The van der Waals surface area contributed by atoms with Gasteiger partial charge in [0.1, 0.15) is 5.82 Å². The first-order chi connectivity index (χ1) is 9.54. The van der Waals surface area contributed by atoms with Crippen LogP contribution in [0.25, 0.3) is 0 Å². The Labute approximate surface area is 121 Å². The fourth-order valence-corrected chi connectivity index (χ4v) is 2.96. The first-order valence-electron chi connectivity index (χ1n) is 7.32. The van der Waals surface area contributed by atoms with Crippen LogP contribution in [0.2, 0.25) is 0 Å². The molecule has 20 heavy (non-hydrogen) atoms. The van der Waals surface area contributed by atoms with E-state index in [4.69, 9.17) is 4.74 Å². The molecule has 0 saturated carbocycles. The molecule has 1 N–H and O–H groups in total. The van der Waals surface area contributed by atoms with E-state index in [0.29, 0.717) is 11.6 Å². The molecule has 0 bridgehead atoms. The largest absolute Gasteiger partial charge is 0.374 e. The molecule has 0 aliphatic carbocycles. The summed E-state index contributed by atoms with van der Waals surface area (Å²) in [5, 5.41) is 3.20. The van der Waals surface area contributed by atoms with Crippen LogP contribution in [0.4, 0.5) is 4.39 Å². The average Bonchev–Trinajstić information content (AvgIpc) is 2.42. The highest BCUT2D eigenvalue weighted by Crippen LogP contribution is 2.31. The van der Waals surface area contributed by atoms with Crippen molar-refractivity contribution in [1.29, 1.82) is 0 Å². The number of nitrogens with one attached hydrogen (secondary N) is 1. The van der Waals surface area contributed by atoms with Crippen molar-refractivity contribution in [3.63, 3.8) is 0 Å². The maximum absolute atomic E-state index is 13.5. The number of halogens is 1. The van der Waals surface area contributed by atoms with Crippen LogP contribution in [0.1, 0.15) is 31.0 Å². The van der Waals surface area contributed by atoms with Crippen molar-refractivity contribution in [1.82, 2.24) is 10.2 Å². The van der Waals surface area contributed by atoms with Gasteiger partial charge in [-0.2, -0.15) is 0 Å². The molecule has 2 rings (SSSR count). The van der Waals surface area contributed by atoms with Gasteiger partial charge in [-0.05, 0) is 45.0 Å². The highest BCUT2D eigenvalue weighted by Gasteiger charge is 2.34. The molecule has 0 aromatic heterocycles. The van der Waals surface area contributed by atoms with Crippen molar-refractivity contribution < 1.29 is 9.13 Å². The van der Waals surface area contributed by atoms with Gasteiger partial charge in [0.25, 0.3) is 0 Å². The van der Waals surface area contributed by atoms with Crippen LogP contribution in [-0.4, -0.2) is 43.8 Å². The maximum Gasteiger partial charge on any atom is 0.126 e. The van der Waals surface area contributed by atoms with Gasteiger partial charge in [-0.15, -0.1) is 0 Å². The van der Waals surface area contributed by atoms with Gasteiger partial charge in [-0.1, -0.05) is 12.1 Å². The Balaban J connectivity index is 2.35. The van der Waals surface area contributed by atoms with Crippen molar-refractivity contribution in [3.05, 3.63) is 35.1 Å². The van der Waals surface area contributed by atoms with Crippen LogP contribution >= 0.6 is 0 Å². The summed E-state index contributed by atoms with van der Waals surface area (Å²) < 4.78 is 19.4. The molecule has 0 spiro atoms. The molecule has 0 amide bonds. The molecular weight excluding hydrogens is 255 g/mol. The summed E-state index contributed by atoms with van der Waals surface area (Å²) in [6.45, 7) is 8.68. The first kappa shape index (κ1) is 15.4. The van der Waals surface area contributed by atoms with Crippen LogP contribution in [0.5, 0.6) is 0 Å². The molecule has 1 aromatic carbocycles. The Morgan fingerprint density at radius 1 is 1.45 bits per heavy atom. The number of hydrogen-bond donors (Lipinski definition) is 1. The van der Waals surface area contributed by atoms with Gasteiger partial charge in [-0.3, -0.25) is 4.90 Å². The summed E-state index contributed by atoms with van der Waals surface area (Å²) in [7, 11) is 1.94. The average molecular weight is 280 g/mol. The van der Waals surface area contributed by atoms with Crippen molar-refractivity contribution >= 4 is 0 Å². The summed E-state index contributed by atoms with van der Waals surface area (Å²) in [6, 6.07) is 6.02. The minimum Gasteiger partial charge on any atom is -0.374 e. The lowest BCUT2D eigenvalue weighted by Crippen LogP contribution is -2.51. The van der Waals surface area contributed by atoms with Crippen LogP contribution in [0, 0.1) is 12.7 Å². The van der Waals surface area contributed by atoms with Crippen LogP contribution in [-0.2, 0) is 4.74 Å². The third kappa shape index (κ3) is 3.19. The summed E-state index contributed by atoms with van der Waals surface area (Å²) in [5.74, 6) is -0.147. The van der Waals surface area contributed by atoms with E-state index in [1.54, 1.807) is 6.07 Å². The zero-order valence-electron chi connectivity index (χ0n) is 12.8. The minimum absolute atomic E-state index is 0.0982. The second-order valence-electron chi connectivity index (χ2n) is 5.75. The fourth-order valence-electron chi connectivity index (χ4n) is 2.96. The molecule has 1 saturated heterocycles. The fraction of sp³-hybridized carbons (Fsp3) is 0.625. The van der Waals surface area contributed by atoms with Crippen LogP contribution in [0.3, 0.4) is 0 Å². The number of rotatable bonds is 4. The molecule has 1 fully saturated rings. The Morgan fingerprint density at radius 2 is 2.20 bits per heavy atom. The quantitative estimate of drug-likeness (QED) is 0.917. The number of benzene rings is 1. The van der Waals surface area contributed by atoms with E-state index < -0.39 is 0 Å². The van der Waals surface area contributed by atoms with Crippen LogP contribution in [0.15, 0.2) is 18.2 Å². The molecule has 2 unspecified atom stereocenters. The number of likely N-dealkylation sites (N-methyl/N-ethyl adjacent to an activating group) is 1. The number of hydrogen-bond acceptors (Lipinski definition) is 3. The summed E-state index contributed by atoms with van der Waals surface area (Å²) >= 11 is 0. The smallest absolute Gasteiger partial charge is 0.126 e. The molecule has 1 aliphatic heterocycles. The SMILES string of the molecule is CNCC1OCCN(C(C)C)C1c1ccc(F)c(C)c1. The molecular formula is C16H25FN2O. The van der Waals surface area contributed by atoms with Gasteiger partial charge in [0, 0.05) is 19.1 Å². The molecule has 112 valence electrons. The second-order valence-corrected chi connectivity index (χ2v) is 5.75. The second kappa shape index (κ2) is 6.66. The molecule has 1 heterocycles. The Kier molecular flexibility index (Phi) is 5.13. The Morgan fingerprint density at radius 3 is 2.80 bits per heavy atom. The predicted molar refractivity (Wildman–Crippen MR) is 79.4 cm³/mol. The number of morpholine rings is 1. The highest BCUT2D eigenvalue weighted by atomic mass is 19.1. The van der Waals surface area contributed by atoms with Crippen molar-refractivity contribution in [3.8, 4) is 0 Å². The van der Waals surface area contributed by atoms with Gasteiger partial charge in [-0.25, -0.2) is 4.39 Å². The lowest BCUT2D eigenvalue weighted by atomic mass is 9.95. The zero-order valence-corrected chi connectivity index (χ0v) is 12.8. The van der Waals surface area contributed by atoms with Crippen molar-refractivity contribution in [2.24, 2.45) is 0 Å². The maximum atomic E-state index is 13.5. The highest BCUT2D eigenvalue weighted by molar-refractivity contribution is 5.28. The van der Waals surface area contributed by atoms with E-state index >= 15 is 0 Å². The van der Waals surface area contributed by atoms with E-state index in [2.05, 4.69) is 24.1 Å². The third-order valence-electron chi connectivity index (χ3n) is 3.98.